The number of aliphatic hydroxyl groups is 4. The Morgan fingerprint density at radius 3 is 2.59 bits per heavy atom. The van der Waals surface area contributed by atoms with Gasteiger partial charge < -0.3 is 35.4 Å². The van der Waals surface area contributed by atoms with Gasteiger partial charge in [0.15, 0.2) is 0 Å². The summed E-state index contributed by atoms with van der Waals surface area (Å²) in [5.41, 5.74) is 4.86. The van der Waals surface area contributed by atoms with Crippen LogP contribution in [0.1, 0.15) is 11.7 Å². The van der Waals surface area contributed by atoms with Crippen molar-refractivity contribution in [2.24, 2.45) is 0 Å². The predicted molar refractivity (Wildman–Crippen MR) is 101 cm³/mol. The Morgan fingerprint density at radius 1 is 1.04 bits per heavy atom. The second-order valence-corrected chi connectivity index (χ2v) is 7.14. The summed E-state index contributed by atoms with van der Waals surface area (Å²) in [4.78, 5) is 2.13. The summed E-state index contributed by atoms with van der Waals surface area (Å²) in [5.74, 6) is 0. The van der Waals surface area contributed by atoms with Crippen LogP contribution in [0.25, 0.3) is 11.1 Å². The summed E-state index contributed by atoms with van der Waals surface area (Å²) in [7, 11) is 2.02. The third-order valence-corrected chi connectivity index (χ3v) is 5.36. The zero-order chi connectivity index (χ0) is 19.1. The van der Waals surface area contributed by atoms with Crippen LogP contribution in [0.2, 0.25) is 0 Å². The van der Waals surface area contributed by atoms with Crippen LogP contribution >= 0.6 is 0 Å². The number of hydrogen-bond donors (Lipinski definition) is 5. The van der Waals surface area contributed by atoms with Crippen molar-refractivity contribution in [1.29, 1.82) is 0 Å². The predicted octanol–water partition coefficient (Wildman–Crippen LogP) is 0.688. The SMILES string of the molecule is CN1CNc2ccc(-c3cccc([C@H]4O[C@H](CO)[C@@H](O)[C@H](O)[C@@H]4O)c3)cc21. The van der Waals surface area contributed by atoms with E-state index in [1.807, 2.05) is 37.4 Å². The zero-order valence-electron chi connectivity index (χ0n) is 15.0. The van der Waals surface area contributed by atoms with Crippen LogP contribution in [0.15, 0.2) is 42.5 Å². The number of nitrogens with one attached hydrogen (secondary N) is 1. The first kappa shape index (κ1) is 18.2. The fourth-order valence-electron chi connectivity index (χ4n) is 3.74. The molecule has 2 heterocycles. The maximum atomic E-state index is 10.4. The summed E-state index contributed by atoms with van der Waals surface area (Å²) in [6.07, 6.45) is -5.78. The molecular formula is C20H24N2O5. The molecule has 4 rings (SSSR count). The first-order chi connectivity index (χ1) is 13.0. The van der Waals surface area contributed by atoms with E-state index < -0.39 is 37.1 Å². The summed E-state index contributed by atoms with van der Waals surface area (Å²) in [6.45, 7) is 0.328. The molecule has 5 atom stereocenters. The van der Waals surface area contributed by atoms with Gasteiger partial charge in [-0.3, -0.25) is 0 Å². The second-order valence-electron chi connectivity index (χ2n) is 7.14. The highest BCUT2D eigenvalue weighted by atomic mass is 16.5. The van der Waals surface area contributed by atoms with E-state index >= 15 is 0 Å². The molecular weight excluding hydrogens is 348 g/mol. The van der Waals surface area contributed by atoms with Gasteiger partial charge in [-0.05, 0) is 34.9 Å². The average molecular weight is 372 g/mol. The van der Waals surface area contributed by atoms with Crippen LogP contribution in [0.3, 0.4) is 0 Å². The van der Waals surface area contributed by atoms with Crippen LogP contribution < -0.4 is 10.2 Å². The van der Waals surface area contributed by atoms with Crippen molar-refractivity contribution in [3.8, 4) is 11.1 Å². The summed E-state index contributed by atoms with van der Waals surface area (Å²) < 4.78 is 5.67. The largest absolute Gasteiger partial charge is 0.394 e. The van der Waals surface area contributed by atoms with E-state index in [0.29, 0.717) is 5.56 Å². The second kappa shape index (κ2) is 7.10. The Balaban J connectivity index is 1.66. The van der Waals surface area contributed by atoms with Crippen LogP contribution in [0.5, 0.6) is 0 Å². The molecule has 2 aromatic rings. The molecule has 7 nitrogen and oxygen atoms in total. The molecule has 0 bridgehead atoms. The Bertz CT molecular complexity index is 828. The van der Waals surface area contributed by atoms with E-state index in [9.17, 15) is 20.4 Å². The van der Waals surface area contributed by atoms with E-state index in [4.69, 9.17) is 4.74 Å². The lowest BCUT2D eigenvalue weighted by atomic mass is 9.90. The van der Waals surface area contributed by atoms with Gasteiger partial charge in [-0.25, -0.2) is 0 Å². The normalized spacial score (nSPS) is 30.1. The van der Waals surface area contributed by atoms with Crippen molar-refractivity contribution in [2.75, 3.05) is 30.5 Å². The molecule has 27 heavy (non-hydrogen) atoms. The number of ether oxygens (including phenoxy) is 1. The number of benzene rings is 2. The summed E-state index contributed by atoms with van der Waals surface area (Å²) in [5, 5.41) is 43.1. The van der Waals surface area contributed by atoms with E-state index in [0.717, 1.165) is 29.2 Å². The third kappa shape index (κ3) is 3.18. The topological polar surface area (TPSA) is 105 Å². The average Bonchev–Trinajstić information content (AvgIpc) is 3.07. The molecule has 0 unspecified atom stereocenters. The molecule has 0 saturated carbocycles. The molecule has 2 aliphatic rings. The quantitative estimate of drug-likeness (QED) is 0.540. The molecule has 0 spiro atoms. The van der Waals surface area contributed by atoms with Gasteiger partial charge in [-0.2, -0.15) is 0 Å². The number of hydrogen-bond acceptors (Lipinski definition) is 7. The van der Waals surface area contributed by atoms with Crippen LogP contribution in [0, 0.1) is 0 Å². The molecule has 144 valence electrons. The minimum Gasteiger partial charge on any atom is -0.394 e. The van der Waals surface area contributed by atoms with Gasteiger partial charge in [0.05, 0.1) is 24.7 Å². The maximum absolute atomic E-state index is 10.4. The Kier molecular flexibility index (Phi) is 4.79. The highest BCUT2D eigenvalue weighted by molar-refractivity contribution is 5.81. The smallest absolute Gasteiger partial charge is 0.113 e. The van der Waals surface area contributed by atoms with E-state index in [1.165, 1.54) is 0 Å². The van der Waals surface area contributed by atoms with Gasteiger partial charge in [-0.1, -0.05) is 24.3 Å². The lowest BCUT2D eigenvalue weighted by molar-refractivity contribution is -0.231. The monoisotopic (exact) mass is 372 g/mol. The molecule has 0 radical (unpaired) electrons. The van der Waals surface area contributed by atoms with Crippen molar-refractivity contribution in [2.45, 2.75) is 30.5 Å². The van der Waals surface area contributed by atoms with Crippen LogP contribution in [-0.4, -0.2) is 65.2 Å². The summed E-state index contributed by atoms with van der Waals surface area (Å²) in [6, 6.07) is 13.7. The maximum Gasteiger partial charge on any atom is 0.113 e. The van der Waals surface area contributed by atoms with Crippen molar-refractivity contribution in [3.05, 3.63) is 48.0 Å². The zero-order valence-corrected chi connectivity index (χ0v) is 15.0. The molecule has 1 fully saturated rings. The van der Waals surface area contributed by atoms with E-state index in [2.05, 4.69) is 16.3 Å². The van der Waals surface area contributed by atoms with Gasteiger partial charge in [0.1, 0.15) is 30.5 Å². The fourth-order valence-corrected chi connectivity index (χ4v) is 3.74. The van der Waals surface area contributed by atoms with E-state index in [1.54, 1.807) is 6.07 Å². The van der Waals surface area contributed by atoms with Gasteiger partial charge in [0, 0.05) is 7.05 Å². The third-order valence-electron chi connectivity index (χ3n) is 5.36. The first-order valence-electron chi connectivity index (χ1n) is 8.99. The van der Waals surface area contributed by atoms with Gasteiger partial charge in [0.2, 0.25) is 0 Å². The minimum atomic E-state index is -1.38. The van der Waals surface area contributed by atoms with Gasteiger partial charge >= 0.3 is 0 Å². The lowest BCUT2D eigenvalue weighted by Crippen LogP contribution is -2.55. The van der Waals surface area contributed by atoms with Gasteiger partial charge in [0.25, 0.3) is 0 Å². The minimum absolute atomic E-state index is 0.439. The molecule has 2 aliphatic heterocycles. The first-order valence-corrected chi connectivity index (χ1v) is 8.99. The highest BCUT2D eigenvalue weighted by Crippen LogP contribution is 2.37. The van der Waals surface area contributed by atoms with Crippen molar-refractivity contribution in [1.82, 2.24) is 0 Å². The molecule has 2 aromatic carbocycles. The number of nitrogens with zero attached hydrogens (tertiary/aromatic N) is 1. The summed E-state index contributed by atoms with van der Waals surface area (Å²) >= 11 is 0. The van der Waals surface area contributed by atoms with Gasteiger partial charge in [-0.15, -0.1) is 0 Å². The molecule has 0 aromatic heterocycles. The molecule has 0 aliphatic carbocycles. The Hall–Kier alpha value is -2.16. The number of fused-ring (bicyclic) bond motifs is 1. The number of rotatable bonds is 3. The van der Waals surface area contributed by atoms with Crippen molar-refractivity contribution >= 4 is 11.4 Å². The lowest BCUT2D eigenvalue weighted by Gasteiger charge is -2.40. The standard InChI is InChI=1S/C20H24N2O5/c1-22-10-21-14-6-5-12(8-15(14)22)11-3-2-4-13(7-11)20-19(26)18(25)17(24)16(9-23)27-20/h2-8,16-21,23-26H,9-10H2,1H3/t16-,17-,18+,19+,20-/m1/s1. The Morgan fingerprint density at radius 2 is 1.81 bits per heavy atom. The molecule has 0 amide bonds. The van der Waals surface area contributed by atoms with Crippen LogP contribution in [0.4, 0.5) is 11.4 Å². The number of aliphatic hydroxyl groups excluding tert-OH is 4. The fraction of sp³-hybridized carbons (Fsp3) is 0.400. The highest BCUT2D eigenvalue weighted by Gasteiger charge is 2.43. The molecule has 5 N–H and O–H groups in total. The Labute approximate surface area is 157 Å². The van der Waals surface area contributed by atoms with Crippen molar-refractivity contribution in [3.63, 3.8) is 0 Å². The number of anilines is 2. The molecule has 1 saturated heterocycles. The van der Waals surface area contributed by atoms with Crippen molar-refractivity contribution < 1.29 is 25.2 Å². The molecule has 7 heteroatoms. The van der Waals surface area contributed by atoms with E-state index in [-0.39, 0.29) is 0 Å². The van der Waals surface area contributed by atoms with Crippen LogP contribution in [-0.2, 0) is 4.74 Å².